The van der Waals surface area contributed by atoms with Crippen LogP contribution in [0.5, 0.6) is 0 Å². The number of aromatic nitrogens is 3. The Morgan fingerprint density at radius 2 is 2.17 bits per heavy atom. The number of nitrogens with zero attached hydrogens (tertiary/aromatic N) is 2. The summed E-state index contributed by atoms with van der Waals surface area (Å²) in [4.78, 5) is 27.2. The summed E-state index contributed by atoms with van der Waals surface area (Å²) in [5, 5.41) is 2.89. The Kier molecular flexibility index (Phi) is 2.73. The van der Waals surface area contributed by atoms with E-state index in [9.17, 15) is 9.59 Å². The fourth-order valence-electron chi connectivity index (χ4n) is 1.97. The summed E-state index contributed by atoms with van der Waals surface area (Å²) in [7, 11) is 0. The molecule has 6 heteroatoms. The van der Waals surface area contributed by atoms with Crippen molar-refractivity contribution in [3.8, 4) is 0 Å². The van der Waals surface area contributed by atoms with E-state index >= 15 is 0 Å². The summed E-state index contributed by atoms with van der Waals surface area (Å²) in [6, 6.07) is 1.44. The molecular weight excluding hydrogens is 232 g/mol. The highest BCUT2D eigenvalue weighted by Crippen LogP contribution is 2.20. The van der Waals surface area contributed by atoms with E-state index in [1.54, 1.807) is 4.52 Å². The Morgan fingerprint density at radius 3 is 2.72 bits per heavy atom. The molecule has 2 rings (SSSR count). The van der Waals surface area contributed by atoms with Crippen LogP contribution in [0.3, 0.4) is 0 Å². The molecule has 0 aliphatic rings. The lowest BCUT2D eigenvalue weighted by Gasteiger charge is -2.18. The van der Waals surface area contributed by atoms with Crippen molar-refractivity contribution in [1.29, 1.82) is 0 Å². The lowest BCUT2D eigenvalue weighted by atomic mass is 9.90. The molecule has 6 nitrogen and oxygen atoms in total. The van der Waals surface area contributed by atoms with Crippen molar-refractivity contribution in [3.05, 3.63) is 33.9 Å². The van der Waals surface area contributed by atoms with Crippen molar-refractivity contribution in [1.82, 2.24) is 14.6 Å². The molecule has 0 fully saturated rings. The third-order valence-electron chi connectivity index (χ3n) is 2.60. The van der Waals surface area contributed by atoms with Crippen molar-refractivity contribution >= 4 is 11.6 Å². The number of H-pyrrole nitrogens is 1. The van der Waals surface area contributed by atoms with Crippen LogP contribution in [0.2, 0.25) is 0 Å². The number of carbonyl (C=O) groups excluding carboxylic acids is 1. The van der Waals surface area contributed by atoms with Gasteiger partial charge < -0.3 is 5.73 Å². The lowest BCUT2D eigenvalue weighted by Crippen LogP contribution is -2.25. The minimum atomic E-state index is -0.757. The maximum absolute atomic E-state index is 11.9. The summed E-state index contributed by atoms with van der Waals surface area (Å²) in [6.45, 7) is 6.21. The second-order valence-electron chi connectivity index (χ2n) is 5.52. The number of hydrogen-bond donors (Lipinski definition) is 2. The molecule has 2 aromatic heterocycles. The maximum Gasteiger partial charge on any atom is 0.256 e. The van der Waals surface area contributed by atoms with Crippen LogP contribution in [0, 0.1) is 5.41 Å². The maximum atomic E-state index is 11.9. The highest BCUT2D eigenvalue weighted by atomic mass is 16.2. The minimum Gasteiger partial charge on any atom is -0.365 e. The lowest BCUT2D eigenvalue weighted by molar-refractivity contribution is 0.100. The van der Waals surface area contributed by atoms with Gasteiger partial charge >= 0.3 is 0 Å². The highest BCUT2D eigenvalue weighted by Gasteiger charge is 2.19. The van der Waals surface area contributed by atoms with Crippen molar-refractivity contribution in [2.75, 3.05) is 0 Å². The number of primary amides is 1. The predicted molar refractivity (Wildman–Crippen MR) is 67.5 cm³/mol. The predicted octanol–water partition coefficient (Wildman–Crippen LogP) is 0.710. The van der Waals surface area contributed by atoms with Gasteiger partial charge in [-0.15, -0.1) is 0 Å². The van der Waals surface area contributed by atoms with Crippen LogP contribution in [0.1, 0.15) is 36.8 Å². The molecule has 0 bridgehead atoms. The van der Waals surface area contributed by atoms with Gasteiger partial charge in [0.05, 0.1) is 0 Å². The topological polar surface area (TPSA) is 93.2 Å². The third-order valence-corrected chi connectivity index (χ3v) is 2.60. The second-order valence-corrected chi connectivity index (χ2v) is 5.52. The SMILES string of the molecule is CC(C)(C)Cc1cc(=O)c(C(N)=O)c2nc[nH]n12. The summed E-state index contributed by atoms with van der Waals surface area (Å²) in [5.74, 6) is -0.757. The molecule has 0 radical (unpaired) electrons. The van der Waals surface area contributed by atoms with E-state index in [2.05, 4.69) is 30.9 Å². The van der Waals surface area contributed by atoms with Crippen molar-refractivity contribution in [3.63, 3.8) is 0 Å². The summed E-state index contributed by atoms with van der Waals surface area (Å²) in [6.07, 6.45) is 2.12. The number of amides is 1. The summed E-state index contributed by atoms with van der Waals surface area (Å²) in [5.41, 5.74) is 5.84. The molecule has 0 saturated carbocycles. The first-order valence-electron chi connectivity index (χ1n) is 5.67. The van der Waals surface area contributed by atoms with Gasteiger partial charge in [0.2, 0.25) is 0 Å². The van der Waals surface area contributed by atoms with E-state index in [1.807, 2.05) is 0 Å². The van der Waals surface area contributed by atoms with Crippen LogP contribution in [-0.4, -0.2) is 20.5 Å². The second kappa shape index (κ2) is 3.97. The minimum absolute atomic E-state index is 0.0196. The molecule has 0 saturated heterocycles. The fourth-order valence-corrected chi connectivity index (χ4v) is 1.97. The number of fused-ring (bicyclic) bond motifs is 1. The van der Waals surface area contributed by atoms with Gasteiger partial charge in [0.25, 0.3) is 5.91 Å². The quantitative estimate of drug-likeness (QED) is 0.819. The van der Waals surface area contributed by atoms with Crippen LogP contribution in [-0.2, 0) is 6.42 Å². The van der Waals surface area contributed by atoms with Gasteiger partial charge in [-0.3, -0.25) is 14.7 Å². The Balaban J connectivity index is 2.72. The van der Waals surface area contributed by atoms with Gasteiger partial charge in [0, 0.05) is 11.8 Å². The van der Waals surface area contributed by atoms with Gasteiger partial charge in [0.15, 0.2) is 11.1 Å². The Bertz CT molecular complexity index is 661. The van der Waals surface area contributed by atoms with Crippen LogP contribution < -0.4 is 11.2 Å². The molecule has 1 amide bonds. The Morgan fingerprint density at radius 1 is 1.50 bits per heavy atom. The molecule has 0 aliphatic carbocycles. The average molecular weight is 248 g/mol. The normalized spacial score (nSPS) is 11.9. The van der Waals surface area contributed by atoms with Gasteiger partial charge in [-0.05, 0) is 11.8 Å². The zero-order valence-electron chi connectivity index (χ0n) is 10.7. The average Bonchev–Trinajstić information content (AvgIpc) is 2.62. The number of nitrogens with two attached hydrogens (primary N) is 1. The number of hydrogen-bond acceptors (Lipinski definition) is 3. The van der Waals surface area contributed by atoms with E-state index in [0.717, 1.165) is 5.69 Å². The van der Waals surface area contributed by atoms with Gasteiger partial charge in [-0.2, -0.15) is 0 Å². The molecule has 3 N–H and O–H groups in total. The molecule has 0 aliphatic heterocycles. The molecule has 0 atom stereocenters. The van der Waals surface area contributed by atoms with E-state index in [4.69, 9.17) is 5.73 Å². The third kappa shape index (κ3) is 2.13. The molecule has 18 heavy (non-hydrogen) atoms. The molecule has 2 heterocycles. The van der Waals surface area contributed by atoms with Crippen molar-refractivity contribution in [2.24, 2.45) is 11.1 Å². The van der Waals surface area contributed by atoms with Crippen molar-refractivity contribution < 1.29 is 4.79 Å². The Labute approximate surface area is 104 Å². The monoisotopic (exact) mass is 248 g/mol. The van der Waals surface area contributed by atoms with Gasteiger partial charge in [-0.25, -0.2) is 9.50 Å². The summed E-state index contributed by atoms with van der Waals surface area (Å²) < 4.78 is 1.63. The smallest absolute Gasteiger partial charge is 0.256 e. The Hall–Kier alpha value is -2.11. The van der Waals surface area contributed by atoms with E-state index in [0.29, 0.717) is 6.42 Å². The first kappa shape index (κ1) is 12.3. The zero-order valence-corrected chi connectivity index (χ0v) is 10.7. The number of rotatable bonds is 2. The first-order valence-corrected chi connectivity index (χ1v) is 5.67. The van der Waals surface area contributed by atoms with Crippen LogP contribution in [0.15, 0.2) is 17.2 Å². The highest BCUT2D eigenvalue weighted by molar-refractivity contribution is 5.98. The molecule has 0 aromatic carbocycles. The summed E-state index contributed by atoms with van der Waals surface area (Å²) >= 11 is 0. The molecule has 0 unspecified atom stereocenters. The van der Waals surface area contributed by atoms with Crippen LogP contribution in [0.25, 0.3) is 5.65 Å². The van der Waals surface area contributed by atoms with E-state index in [1.165, 1.54) is 12.4 Å². The molecular formula is C12H16N4O2. The molecule has 96 valence electrons. The van der Waals surface area contributed by atoms with Crippen LogP contribution in [0.4, 0.5) is 0 Å². The zero-order chi connectivity index (χ0) is 13.5. The number of nitrogens with one attached hydrogen (secondary N) is 1. The van der Waals surface area contributed by atoms with E-state index in [-0.39, 0.29) is 22.1 Å². The largest absolute Gasteiger partial charge is 0.365 e. The number of carbonyl (C=O) groups is 1. The standard InChI is InChI=1S/C12H16N4O2/c1-12(2,3)5-7-4-8(17)9(10(13)18)11-14-6-15-16(7)11/h4,6H,5H2,1-3H3,(H2,13,18)(H,14,15). The molecule has 2 aromatic rings. The van der Waals surface area contributed by atoms with Gasteiger partial charge in [-0.1, -0.05) is 20.8 Å². The van der Waals surface area contributed by atoms with E-state index < -0.39 is 5.91 Å². The molecule has 0 spiro atoms. The first-order chi connectivity index (χ1) is 8.29. The number of aromatic amines is 1. The van der Waals surface area contributed by atoms with Crippen LogP contribution >= 0.6 is 0 Å². The van der Waals surface area contributed by atoms with Gasteiger partial charge in [0.1, 0.15) is 11.9 Å². The number of pyridine rings is 1. The van der Waals surface area contributed by atoms with Crippen molar-refractivity contribution in [2.45, 2.75) is 27.2 Å². The fraction of sp³-hybridized carbons (Fsp3) is 0.417.